The Morgan fingerprint density at radius 2 is 2.10 bits per heavy atom. The monoisotopic (exact) mass is 276 g/mol. The number of rotatable bonds is 5. The van der Waals surface area contributed by atoms with Gasteiger partial charge in [0, 0.05) is 24.3 Å². The number of hydrogen-bond acceptors (Lipinski definition) is 3. The first-order valence-corrected chi connectivity index (χ1v) is 7.90. The van der Waals surface area contributed by atoms with Gasteiger partial charge in [-0.15, -0.1) is 0 Å². The van der Waals surface area contributed by atoms with E-state index in [9.17, 15) is 0 Å². The molecule has 3 nitrogen and oxygen atoms in total. The zero-order chi connectivity index (χ0) is 14.5. The van der Waals surface area contributed by atoms with Gasteiger partial charge in [0.05, 0.1) is 6.10 Å². The highest BCUT2D eigenvalue weighted by molar-refractivity contribution is 5.25. The number of nitrogens with one attached hydrogen (secondary N) is 1. The Bertz CT molecular complexity index is 419. The first-order chi connectivity index (χ1) is 9.56. The maximum absolute atomic E-state index is 5.77. The van der Waals surface area contributed by atoms with Crippen LogP contribution in [0.2, 0.25) is 0 Å². The van der Waals surface area contributed by atoms with Gasteiger partial charge in [0.1, 0.15) is 0 Å². The highest BCUT2D eigenvalue weighted by atomic mass is 16.5. The number of pyridine rings is 1. The number of hydrogen-bond donors (Lipinski definition) is 1. The molecule has 1 heterocycles. The van der Waals surface area contributed by atoms with Crippen LogP contribution >= 0.6 is 0 Å². The molecule has 0 aliphatic heterocycles. The summed E-state index contributed by atoms with van der Waals surface area (Å²) in [7, 11) is 0. The van der Waals surface area contributed by atoms with Gasteiger partial charge in [0.2, 0.25) is 5.88 Å². The zero-order valence-corrected chi connectivity index (χ0v) is 13.2. The summed E-state index contributed by atoms with van der Waals surface area (Å²) >= 11 is 0. The van der Waals surface area contributed by atoms with Gasteiger partial charge in [-0.3, -0.25) is 0 Å². The summed E-state index contributed by atoms with van der Waals surface area (Å²) in [6.45, 7) is 9.67. The third-order valence-electron chi connectivity index (χ3n) is 4.38. The quantitative estimate of drug-likeness (QED) is 0.888. The Morgan fingerprint density at radius 3 is 2.80 bits per heavy atom. The molecule has 112 valence electrons. The molecule has 1 aromatic heterocycles. The van der Waals surface area contributed by atoms with Crippen LogP contribution in [0.1, 0.15) is 52.5 Å². The lowest BCUT2D eigenvalue weighted by Crippen LogP contribution is -2.35. The first kappa shape index (κ1) is 15.3. The average Bonchev–Trinajstić information content (AvgIpc) is 2.41. The number of aromatic nitrogens is 1. The van der Waals surface area contributed by atoms with Crippen molar-refractivity contribution >= 4 is 0 Å². The maximum Gasteiger partial charge on any atom is 0.218 e. The van der Waals surface area contributed by atoms with Crippen molar-refractivity contribution in [3.8, 4) is 5.88 Å². The lowest BCUT2D eigenvalue weighted by Gasteiger charge is -2.32. The van der Waals surface area contributed by atoms with Crippen LogP contribution in [0, 0.1) is 11.8 Å². The van der Waals surface area contributed by atoms with E-state index < -0.39 is 0 Å². The Hall–Kier alpha value is -1.09. The molecule has 3 heteroatoms. The fourth-order valence-electron chi connectivity index (χ4n) is 2.88. The molecule has 0 radical (unpaired) electrons. The van der Waals surface area contributed by atoms with E-state index in [2.05, 4.69) is 30.2 Å². The smallest absolute Gasteiger partial charge is 0.218 e. The number of nitrogens with zero attached hydrogens (tertiary/aromatic N) is 1. The molecular formula is C17H28N2O. The van der Waals surface area contributed by atoms with E-state index in [0.717, 1.165) is 29.8 Å². The molecule has 1 N–H and O–H groups in total. The van der Waals surface area contributed by atoms with E-state index in [1.54, 1.807) is 6.20 Å². The van der Waals surface area contributed by atoms with Gasteiger partial charge in [-0.05, 0) is 51.0 Å². The molecule has 3 unspecified atom stereocenters. The van der Waals surface area contributed by atoms with Crippen molar-refractivity contribution in [2.75, 3.05) is 0 Å². The van der Waals surface area contributed by atoms with E-state index in [0.29, 0.717) is 6.04 Å². The van der Waals surface area contributed by atoms with Gasteiger partial charge in [-0.25, -0.2) is 4.98 Å². The van der Waals surface area contributed by atoms with Gasteiger partial charge in [0.15, 0.2) is 0 Å². The molecule has 1 aromatic rings. The van der Waals surface area contributed by atoms with Crippen molar-refractivity contribution in [3.63, 3.8) is 0 Å². The minimum absolute atomic E-state index is 0.166. The molecule has 0 bridgehead atoms. The van der Waals surface area contributed by atoms with Crippen LogP contribution in [-0.2, 0) is 6.54 Å². The molecule has 0 amide bonds. The van der Waals surface area contributed by atoms with Crippen LogP contribution in [0.25, 0.3) is 0 Å². The molecule has 1 saturated carbocycles. The summed E-state index contributed by atoms with van der Waals surface area (Å²) in [5, 5.41) is 3.68. The largest absolute Gasteiger partial charge is 0.475 e. The number of ether oxygens (including phenoxy) is 1. The lowest BCUT2D eigenvalue weighted by atomic mass is 9.79. The fourth-order valence-corrected chi connectivity index (χ4v) is 2.88. The Balaban J connectivity index is 1.90. The molecule has 1 fully saturated rings. The van der Waals surface area contributed by atoms with Crippen LogP contribution in [0.15, 0.2) is 18.3 Å². The minimum atomic E-state index is 0.166. The normalized spacial score (nSPS) is 26.8. The molecular weight excluding hydrogens is 248 g/mol. The van der Waals surface area contributed by atoms with Crippen molar-refractivity contribution in [1.29, 1.82) is 0 Å². The topological polar surface area (TPSA) is 34.1 Å². The van der Waals surface area contributed by atoms with E-state index >= 15 is 0 Å². The van der Waals surface area contributed by atoms with Crippen molar-refractivity contribution < 1.29 is 4.74 Å². The molecule has 1 aliphatic rings. The Kier molecular flexibility index (Phi) is 5.41. The second kappa shape index (κ2) is 7.07. The zero-order valence-electron chi connectivity index (χ0n) is 13.2. The fraction of sp³-hybridized carbons (Fsp3) is 0.706. The summed E-state index contributed by atoms with van der Waals surface area (Å²) in [5.74, 6) is 2.46. The van der Waals surface area contributed by atoms with Crippen LogP contribution in [0.5, 0.6) is 5.88 Å². The molecule has 3 atom stereocenters. The van der Waals surface area contributed by atoms with Gasteiger partial charge in [0.25, 0.3) is 0 Å². The van der Waals surface area contributed by atoms with Crippen LogP contribution in [0.3, 0.4) is 0 Å². The molecule has 2 rings (SSSR count). The van der Waals surface area contributed by atoms with Crippen molar-refractivity contribution in [2.24, 2.45) is 11.8 Å². The van der Waals surface area contributed by atoms with Crippen LogP contribution in [-0.4, -0.2) is 17.1 Å². The summed E-state index contributed by atoms with van der Waals surface area (Å²) in [6.07, 6.45) is 5.86. The predicted octanol–water partition coefficient (Wildman–Crippen LogP) is 3.78. The lowest BCUT2D eigenvalue weighted by molar-refractivity contribution is 0.218. The average molecular weight is 276 g/mol. The standard InChI is InChI=1S/C17H28N2O/c1-12(2)20-17-15(6-5-9-18-17)11-19-16-8-7-13(3)14(4)10-16/h5-6,9,12-14,16,19H,7-8,10-11H2,1-4H3. The molecule has 0 spiro atoms. The SMILES string of the molecule is CC(C)Oc1ncccc1CNC1CCC(C)C(C)C1. The summed E-state index contributed by atoms with van der Waals surface area (Å²) < 4.78 is 5.77. The Labute approximate surface area is 123 Å². The van der Waals surface area contributed by atoms with E-state index in [1.165, 1.54) is 19.3 Å². The van der Waals surface area contributed by atoms with Crippen molar-refractivity contribution in [3.05, 3.63) is 23.9 Å². The first-order valence-electron chi connectivity index (χ1n) is 7.90. The second-order valence-electron chi connectivity index (χ2n) is 6.48. The van der Waals surface area contributed by atoms with E-state index in [4.69, 9.17) is 4.74 Å². The van der Waals surface area contributed by atoms with Crippen LogP contribution < -0.4 is 10.1 Å². The van der Waals surface area contributed by atoms with Crippen molar-refractivity contribution in [2.45, 2.75) is 65.6 Å². The second-order valence-corrected chi connectivity index (χ2v) is 6.48. The van der Waals surface area contributed by atoms with E-state index in [1.807, 2.05) is 19.9 Å². The molecule has 0 saturated heterocycles. The van der Waals surface area contributed by atoms with Gasteiger partial charge in [-0.1, -0.05) is 19.9 Å². The van der Waals surface area contributed by atoms with E-state index in [-0.39, 0.29) is 6.10 Å². The predicted molar refractivity (Wildman–Crippen MR) is 82.8 cm³/mol. The molecule has 20 heavy (non-hydrogen) atoms. The van der Waals surface area contributed by atoms with Crippen molar-refractivity contribution in [1.82, 2.24) is 10.3 Å². The van der Waals surface area contributed by atoms with Gasteiger partial charge >= 0.3 is 0 Å². The third-order valence-corrected chi connectivity index (χ3v) is 4.38. The highest BCUT2D eigenvalue weighted by Crippen LogP contribution is 2.29. The highest BCUT2D eigenvalue weighted by Gasteiger charge is 2.24. The van der Waals surface area contributed by atoms with Gasteiger partial charge in [-0.2, -0.15) is 0 Å². The summed E-state index contributed by atoms with van der Waals surface area (Å²) in [4.78, 5) is 4.35. The van der Waals surface area contributed by atoms with Gasteiger partial charge < -0.3 is 10.1 Å². The summed E-state index contributed by atoms with van der Waals surface area (Å²) in [5.41, 5.74) is 1.16. The molecule has 0 aromatic carbocycles. The third kappa shape index (κ3) is 4.20. The van der Waals surface area contributed by atoms with Crippen LogP contribution in [0.4, 0.5) is 0 Å². The summed E-state index contributed by atoms with van der Waals surface area (Å²) in [6, 6.07) is 4.72. The molecule has 1 aliphatic carbocycles. The minimum Gasteiger partial charge on any atom is -0.475 e. The Morgan fingerprint density at radius 1 is 1.30 bits per heavy atom. The maximum atomic E-state index is 5.77.